The summed E-state index contributed by atoms with van der Waals surface area (Å²) < 4.78 is 1.86. The van der Waals surface area contributed by atoms with E-state index in [-0.39, 0.29) is 0 Å². The maximum atomic E-state index is 4.40. The second kappa shape index (κ2) is 5.90. The maximum absolute atomic E-state index is 4.40. The lowest BCUT2D eigenvalue weighted by Crippen LogP contribution is -1.94. The molecule has 3 heterocycles. The minimum Gasteiger partial charge on any atom is -0.241 e. The molecule has 0 N–H and O–H groups in total. The third kappa shape index (κ3) is 2.63. The van der Waals surface area contributed by atoms with Crippen LogP contribution in [0.25, 0.3) is 15.9 Å². The summed E-state index contributed by atoms with van der Waals surface area (Å²) in [6.07, 6.45) is 5.37. The molecule has 0 aliphatic carbocycles. The number of thiophene rings is 1. The van der Waals surface area contributed by atoms with Crippen molar-refractivity contribution >= 4 is 33.3 Å². The van der Waals surface area contributed by atoms with Gasteiger partial charge < -0.3 is 0 Å². The molecule has 0 fully saturated rings. The average molecular weight is 324 g/mol. The van der Waals surface area contributed by atoms with Gasteiger partial charge in [0.15, 0.2) is 0 Å². The van der Waals surface area contributed by atoms with Crippen molar-refractivity contribution in [3.8, 4) is 5.69 Å². The topological polar surface area (TPSA) is 43.6 Å². The maximum Gasteiger partial charge on any atom is 0.127 e. The van der Waals surface area contributed by atoms with E-state index in [0.717, 1.165) is 26.7 Å². The monoisotopic (exact) mass is 324 g/mol. The molecule has 4 rings (SSSR count). The Balaban J connectivity index is 1.51. The van der Waals surface area contributed by atoms with Gasteiger partial charge in [-0.25, -0.2) is 14.6 Å². The normalized spacial score (nSPS) is 11.1. The summed E-state index contributed by atoms with van der Waals surface area (Å²) in [5.74, 6) is 0.890. The first-order valence-electron chi connectivity index (χ1n) is 6.80. The predicted molar refractivity (Wildman–Crippen MR) is 90.5 cm³/mol. The Labute approximate surface area is 135 Å². The van der Waals surface area contributed by atoms with Crippen LogP contribution in [-0.2, 0) is 5.75 Å². The molecule has 0 unspecified atom stereocenters. The quantitative estimate of drug-likeness (QED) is 0.417. The van der Waals surface area contributed by atoms with E-state index in [0.29, 0.717) is 0 Å². The molecule has 1 aromatic carbocycles. The Bertz CT molecular complexity index is 882. The van der Waals surface area contributed by atoms with Gasteiger partial charge in [0, 0.05) is 23.5 Å². The van der Waals surface area contributed by atoms with Crippen LogP contribution >= 0.6 is 23.1 Å². The third-order valence-electron chi connectivity index (χ3n) is 3.31. The zero-order valence-electron chi connectivity index (χ0n) is 11.6. The molecule has 4 nitrogen and oxygen atoms in total. The van der Waals surface area contributed by atoms with Crippen molar-refractivity contribution in [1.82, 2.24) is 19.7 Å². The van der Waals surface area contributed by atoms with E-state index in [1.807, 2.05) is 16.9 Å². The van der Waals surface area contributed by atoms with Crippen molar-refractivity contribution in [1.29, 1.82) is 0 Å². The van der Waals surface area contributed by atoms with Gasteiger partial charge in [0.25, 0.3) is 0 Å². The average Bonchev–Trinajstić information content (AvgIpc) is 3.24. The summed E-state index contributed by atoms with van der Waals surface area (Å²) in [5.41, 5.74) is 2.34. The molecule has 0 aliphatic heterocycles. The lowest BCUT2D eigenvalue weighted by atomic mass is 10.2. The van der Waals surface area contributed by atoms with Crippen molar-refractivity contribution in [2.45, 2.75) is 10.8 Å². The highest BCUT2D eigenvalue weighted by atomic mass is 32.2. The molecule has 22 heavy (non-hydrogen) atoms. The summed E-state index contributed by atoms with van der Waals surface area (Å²) in [7, 11) is 0. The zero-order valence-corrected chi connectivity index (χ0v) is 13.2. The first-order valence-corrected chi connectivity index (χ1v) is 8.67. The molecule has 0 aliphatic rings. The zero-order chi connectivity index (χ0) is 14.8. The summed E-state index contributed by atoms with van der Waals surface area (Å²) in [6.45, 7) is 0. The van der Waals surface area contributed by atoms with Gasteiger partial charge in [-0.3, -0.25) is 0 Å². The number of thioether (sulfide) groups is 1. The molecule has 0 amide bonds. The van der Waals surface area contributed by atoms with Gasteiger partial charge in [-0.2, -0.15) is 5.10 Å². The number of aromatic nitrogens is 4. The van der Waals surface area contributed by atoms with E-state index in [2.05, 4.69) is 50.8 Å². The van der Waals surface area contributed by atoms with Gasteiger partial charge >= 0.3 is 0 Å². The highest BCUT2D eigenvalue weighted by Crippen LogP contribution is 2.29. The number of benzene rings is 1. The predicted octanol–water partition coefficient (Wildman–Crippen LogP) is 4.17. The number of hydrogen-bond donors (Lipinski definition) is 0. The van der Waals surface area contributed by atoms with Crippen LogP contribution in [0.5, 0.6) is 0 Å². The molecular weight excluding hydrogens is 312 g/mol. The Morgan fingerprint density at radius 1 is 1.09 bits per heavy atom. The van der Waals surface area contributed by atoms with Crippen LogP contribution < -0.4 is 0 Å². The van der Waals surface area contributed by atoms with Crippen LogP contribution in [0.2, 0.25) is 0 Å². The van der Waals surface area contributed by atoms with Crippen LogP contribution in [0, 0.1) is 0 Å². The third-order valence-corrected chi connectivity index (χ3v) is 5.20. The lowest BCUT2D eigenvalue weighted by molar-refractivity contribution is 0.880. The Morgan fingerprint density at radius 2 is 2.00 bits per heavy atom. The molecule has 0 bridgehead atoms. The molecule has 3 aromatic heterocycles. The van der Waals surface area contributed by atoms with E-state index in [9.17, 15) is 0 Å². The number of rotatable bonds is 4. The van der Waals surface area contributed by atoms with Crippen molar-refractivity contribution in [3.05, 3.63) is 66.1 Å². The van der Waals surface area contributed by atoms with Crippen LogP contribution in [0.3, 0.4) is 0 Å². The van der Waals surface area contributed by atoms with E-state index in [4.69, 9.17) is 0 Å². The van der Waals surface area contributed by atoms with Crippen LogP contribution in [0.4, 0.5) is 0 Å². The molecule has 0 radical (unpaired) electrons. The van der Waals surface area contributed by atoms with Gasteiger partial charge in [-0.05, 0) is 35.2 Å². The fraction of sp³-hybridized carbons (Fsp3) is 0.0625. The van der Waals surface area contributed by atoms with Gasteiger partial charge in [-0.15, -0.1) is 23.1 Å². The van der Waals surface area contributed by atoms with Crippen molar-refractivity contribution in [2.75, 3.05) is 0 Å². The largest absolute Gasteiger partial charge is 0.241 e. The van der Waals surface area contributed by atoms with Crippen molar-refractivity contribution in [3.63, 3.8) is 0 Å². The van der Waals surface area contributed by atoms with Gasteiger partial charge in [-0.1, -0.05) is 12.1 Å². The van der Waals surface area contributed by atoms with E-state index < -0.39 is 0 Å². The minimum atomic E-state index is 0.890. The van der Waals surface area contributed by atoms with Crippen molar-refractivity contribution < 1.29 is 0 Å². The molecule has 0 saturated carbocycles. The molecule has 4 aromatic rings. The summed E-state index contributed by atoms with van der Waals surface area (Å²) >= 11 is 3.39. The molecule has 6 heteroatoms. The highest BCUT2D eigenvalue weighted by Gasteiger charge is 2.06. The van der Waals surface area contributed by atoms with Gasteiger partial charge in [0.1, 0.15) is 16.2 Å². The fourth-order valence-electron chi connectivity index (χ4n) is 2.20. The summed E-state index contributed by atoms with van der Waals surface area (Å²) in [4.78, 5) is 9.73. The first kappa shape index (κ1) is 13.5. The number of hydrogen-bond acceptors (Lipinski definition) is 5. The lowest BCUT2D eigenvalue weighted by Gasteiger charge is -2.05. The smallest absolute Gasteiger partial charge is 0.127 e. The standard InChI is InChI=1S/C16H12N4S2/c1-7-19-20(8-1)13-4-2-12(3-5-13)10-22-16-14-6-9-21-15(14)17-11-18-16/h1-9,11H,10H2. The molecule has 0 saturated heterocycles. The van der Waals surface area contributed by atoms with Crippen LogP contribution in [-0.4, -0.2) is 19.7 Å². The molecule has 0 atom stereocenters. The number of nitrogens with zero attached hydrogens (tertiary/aromatic N) is 4. The van der Waals surface area contributed by atoms with Gasteiger partial charge in [0.2, 0.25) is 0 Å². The minimum absolute atomic E-state index is 0.890. The van der Waals surface area contributed by atoms with E-state index in [1.54, 1.807) is 35.6 Å². The Morgan fingerprint density at radius 3 is 2.82 bits per heavy atom. The fourth-order valence-corrected chi connectivity index (χ4v) is 3.94. The van der Waals surface area contributed by atoms with E-state index >= 15 is 0 Å². The summed E-state index contributed by atoms with van der Waals surface area (Å²) in [5, 5.41) is 8.48. The Hall–Kier alpha value is -2.18. The Kier molecular flexibility index (Phi) is 3.62. The number of fused-ring (bicyclic) bond motifs is 1. The molecule has 108 valence electrons. The van der Waals surface area contributed by atoms with Crippen LogP contribution in [0.1, 0.15) is 5.56 Å². The second-order valence-electron chi connectivity index (χ2n) is 4.72. The van der Waals surface area contributed by atoms with E-state index in [1.165, 1.54) is 5.56 Å². The molecule has 0 spiro atoms. The second-order valence-corrected chi connectivity index (χ2v) is 6.58. The van der Waals surface area contributed by atoms with Crippen LogP contribution in [0.15, 0.2) is 65.5 Å². The SMILES string of the molecule is c1cnn(-c2ccc(CSc3ncnc4sccc34)cc2)c1. The van der Waals surface area contributed by atoms with Gasteiger partial charge in [0.05, 0.1) is 5.69 Å². The highest BCUT2D eigenvalue weighted by molar-refractivity contribution is 7.98. The van der Waals surface area contributed by atoms with Crippen molar-refractivity contribution in [2.24, 2.45) is 0 Å². The molecular formula is C16H12N4S2. The first-order chi connectivity index (χ1) is 10.9. The summed E-state index contributed by atoms with van der Waals surface area (Å²) in [6, 6.07) is 12.5.